The number of hydrogen-bond donors (Lipinski definition) is 1. The minimum atomic E-state index is -0.256. The highest BCUT2D eigenvalue weighted by molar-refractivity contribution is 5.82. The van der Waals surface area contributed by atoms with E-state index in [1.165, 1.54) is 11.4 Å². The maximum atomic E-state index is 12.2. The molecule has 7 nitrogen and oxygen atoms in total. The van der Waals surface area contributed by atoms with Crippen molar-refractivity contribution >= 4 is 41.6 Å². The summed E-state index contributed by atoms with van der Waals surface area (Å²) >= 11 is 0. The van der Waals surface area contributed by atoms with E-state index in [9.17, 15) is 4.79 Å². The average Bonchev–Trinajstić information content (AvgIpc) is 2.93. The third-order valence-electron chi connectivity index (χ3n) is 6.54. The van der Waals surface area contributed by atoms with Crippen LogP contribution in [0.15, 0.2) is 77.8 Å². The SMILES string of the molecule is C=Nc1ccc(N(C=O)[C@H](COC)c2ccc(N3CCN(c4ccccc4)CC3)cc2)cc1NC. The molecule has 1 aliphatic heterocycles. The quantitative estimate of drug-likeness (QED) is 0.342. The molecule has 1 fully saturated rings. The molecule has 35 heavy (non-hydrogen) atoms. The fraction of sp³-hybridized carbons (Fsp3) is 0.286. The summed E-state index contributed by atoms with van der Waals surface area (Å²) in [5, 5.41) is 3.12. The Labute approximate surface area is 207 Å². The predicted octanol–water partition coefficient (Wildman–Crippen LogP) is 4.74. The molecule has 0 bridgehead atoms. The van der Waals surface area contributed by atoms with Gasteiger partial charge in [-0.3, -0.25) is 9.79 Å². The Morgan fingerprint density at radius 2 is 1.63 bits per heavy atom. The molecule has 0 aromatic heterocycles. The van der Waals surface area contributed by atoms with Crippen LogP contribution in [0.5, 0.6) is 0 Å². The van der Waals surface area contributed by atoms with Crippen molar-refractivity contribution in [3.05, 3.63) is 78.4 Å². The molecule has 7 heteroatoms. The maximum Gasteiger partial charge on any atom is 0.214 e. The second-order valence-electron chi connectivity index (χ2n) is 8.49. The second-order valence-corrected chi connectivity index (χ2v) is 8.49. The van der Waals surface area contributed by atoms with E-state index in [0.29, 0.717) is 6.61 Å². The van der Waals surface area contributed by atoms with Crippen LogP contribution < -0.4 is 20.0 Å². The van der Waals surface area contributed by atoms with Gasteiger partial charge < -0.3 is 24.8 Å². The zero-order chi connectivity index (χ0) is 24.6. The van der Waals surface area contributed by atoms with E-state index in [-0.39, 0.29) is 6.04 Å². The van der Waals surface area contributed by atoms with Gasteiger partial charge in [-0.25, -0.2) is 0 Å². The Hall–Kier alpha value is -3.84. The molecule has 3 aromatic carbocycles. The summed E-state index contributed by atoms with van der Waals surface area (Å²) in [5.74, 6) is 0. The summed E-state index contributed by atoms with van der Waals surface area (Å²) < 4.78 is 5.50. The highest BCUT2D eigenvalue weighted by Crippen LogP contribution is 2.33. The number of benzene rings is 3. The average molecular weight is 472 g/mol. The number of amides is 1. The Bertz CT molecular complexity index is 1110. The summed E-state index contributed by atoms with van der Waals surface area (Å²) in [5.41, 5.74) is 5.79. The molecule has 182 valence electrons. The van der Waals surface area contributed by atoms with Gasteiger partial charge in [-0.2, -0.15) is 0 Å². The normalized spacial score (nSPS) is 14.3. The van der Waals surface area contributed by atoms with Crippen molar-refractivity contribution in [3.8, 4) is 0 Å². The molecule has 3 aromatic rings. The molecule has 0 saturated carbocycles. The van der Waals surface area contributed by atoms with E-state index in [0.717, 1.165) is 55.2 Å². The molecule has 1 aliphatic rings. The monoisotopic (exact) mass is 471 g/mol. The summed E-state index contributed by atoms with van der Waals surface area (Å²) in [7, 11) is 3.48. The van der Waals surface area contributed by atoms with E-state index in [1.54, 1.807) is 12.0 Å². The Morgan fingerprint density at radius 1 is 1.00 bits per heavy atom. The largest absolute Gasteiger partial charge is 0.386 e. The molecule has 0 unspecified atom stereocenters. The van der Waals surface area contributed by atoms with Crippen LogP contribution in [0.4, 0.5) is 28.4 Å². The molecule has 0 aliphatic carbocycles. The lowest BCUT2D eigenvalue weighted by Crippen LogP contribution is -2.46. The van der Waals surface area contributed by atoms with Crippen molar-refractivity contribution in [1.82, 2.24) is 0 Å². The van der Waals surface area contributed by atoms with Gasteiger partial charge in [-0.1, -0.05) is 30.3 Å². The van der Waals surface area contributed by atoms with Gasteiger partial charge in [0.1, 0.15) is 0 Å². The van der Waals surface area contributed by atoms with Crippen molar-refractivity contribution in [2.45, 2.75) is 6.04 Å². The number of anilines is 4. The number of carbonyl (C=O) groups is 1. The lowest BCUT2D eigenvalue weighted by Gasteiger charge is -2.37. The topological polar surface area (TPSA) is 60.4 Å². The fourth-order valence-corrected chi connectivity index (χ4v) is 4.60. The number of aliphatic imine (C=N–C) groups is 1. The van der Waals surface area contributed by atoms with Gasteiger partial charge in [-0.05, 0) is 54.7 Å². The molecular weight excluding hydrogens is 438 g/mol. The number of piperazine rings is 1. The number of carbonyl (C=O) groups excluding carboxylic acids is 1. The molecule has 1 heterocycles. The molecule has 0 radical (unpaired) electrons. The highest BCUT2D eigenvalue weighted by atomic mass is 16.5. The summed E-state index contributed by atoms with van der Waals surface area (Å²) in [6.07, 6.45) is 0.857. The molecule has 1 N–H and O–H groups in total. The van der Waals surface area contributed by atoms with Gasteiger partial charge in [0.25, 0.3) is 0 Å². The van der Waals surface area contributed by atoms with Gasteiger partial charge in [0, 0.05) is 57.4 Å². The Balaban J connectivity index is 1.50. The van der Waals surface area contributed by atoms with Crippen molar-refractivity contribution in [1.29, 1.82) is 0 Å². The third-order valence-corrected chi connectivity index (χ3v) is 6.54. The predicted molar refractivity (Wildman–Crippen MR) is 146 cm³/mol. The molecule has 0 spiro atoms. The first kappa shape index (κ1) is 24.3. The van der Waals surface area contributed by atoms with Crippen LogP contribution in [-0.2, 0) is 9.53 Å². The molecule has 4 rings (SSSR count). The molecular formula is C28H33N5O2. The summed E-state index contributed by atoms with van der Waals surface area (Å²) in [6.45, 7) is 7.89. The van der Waals surface area contributed by atoms with Gasteiger partial charge in [0.05, 0.1) is 24.0 Å². The molecule has 1 atom stereocenters. The Morgan fingerprint density at radius 3 is 2.17 bits per heavy atom. The minimum absolute atomic E-state index is 0.256. The van der Waals surface area contributed by atoms with Crippen molar-refractivity contribution in [2.24, 2.45) is 4.99 Å². The van der Waals surface area contributed by atoms with E-state index >= 15 is 0 Å². The van der Waals surface area contributed by atoms with Crippen LogP contribution in [0.3, 0.4) is 0 Å². The van der Waals surface area contributed by atoms with E-state index in [1.807, 2.05) is 25.2 Å². The lowest BCUT2D eigenvalue weighted by atomic mass is 10.0. The first-order valence-electron chi connectivity index (χ1n) is 11.8. The molecule has 1 saturated heterocycles. The number of para-hydroxylation sites is 1. The van der Waals surface area contributed by atoms with Gasteiger partial charge in [0.2, 0.25) is 6.41 Å². The van der Waals surface area contributed by atoms with Crippen molar-refractivity contribution in [3.63, 3.8) is 0 Å². The van der Waals surface area contributed by atoms with Crippen LogP contribution in [0.2, 0.25) is 0 Å². The van der Waals surface area contributed by atoms with Crippen molar-refractivity contribution in [2.75, 3.05) is 67.0 Å². The number of methoxy groups -OCH3 is 1. The number of hydrogen-bond acceptors (Lipinski definition) is 6. The third kappa shape index (κ3) is 5.46. The lowest BCUT2D eigenvalue weighted by molar-refractivity contribution is -0.108. The smallest absolute Gasteiger partial charge is 0.214 e. The molecule has 1 amide bonds. The van der Waals surface area contributed by atoms with E-state index in [2.05, 4.69) is 81.4 Å². The zero-order valence-corrected chi connectivity index (χ0v) is 20.4. The van der Waals surface area contributed by atoms with Crippen LogP contribution in [0, 0.1) is 0 Å². The summed E-state index contributed by atoms with van der Waals surface area (Å²) in [4.78, 5) is 22.8. The van der Waals surface area contributed by atoms with Crippen LogP contribution in [0.25, 0.3) is 0 Å². The van der Waals surface area contributed by atoms with E-state index < -0.39 is 0 Å². The fourth-order valence-electron chi connectivity index (χ4n) is 4.60. The van der Waals surface area contributed by atoms with Crippen LogP contribution in [0.1, 0.15) is 11.6 Å². The second kappa shape index (κ2) is 11.5. The van der Waals surface area contributed by atoms with Crippen molar-refractivity contribution < 1.29 is 9.53 Å². The van der Waals surface area contributed by atoms with Gasteiger partial charge in [-0.15, -0.1) is 0 Å². The zero-order valence-electron chi connectivity index (χ0n) is 20.4. The first-order valence-corrected chi connectivity index (χ1v) is 11.8. The number of nitrogens with zero attached hydrogens (tertiary/aromatic N) is 4. The minimum Gasteiger partial charge on any atom is -0.386 e. The highest BCUT2D eigenvalue weighted by Gasteiger charge is 2.23. The maximum absolute atomic E-state index is 12.2. The van der Waals surface area contributed by atoms with Crippen LogP contribution >= 0.6 is 0 Å². The Kier molecular flexibility index (Phi) is 8.00. The van der Waals surface area contributed by atoms with Gasteiger partial charge >= 0.3 is 0 Å². The number of ether oxygens (including phenoxy) is 1. The van der Waals surface area contributed by atoms with Crippen LogP contribution in [-0.4, -0.2) is 60.1 Å². The van der Waals surface area contributed by atoms with E-state index in [4.69, 9.17) is 4.74 Å². The number of nitrogens with one attached hydrogen (secondary N) is 1. The number of rotatable bonds is 10. The first-order chi connectivity index (χ1) is 17.2. The summed E-state index contributed by atoms with van der Waals surface area (Å²) in [6, 6.07) is 24.4. The van der Waals surface area contributed by atoms with Gasteiger partial charge in [0.15, 0.2) is 0 Å². The standard InChI is InChI=1S/C28H33N5O2/c1-29-26-14-13-25(19-27(26)30-2)33(21-34)28(20-35-3)22-9-11-24(12-10-22)32-17-15-31(16-18-32)23-7-5-4-6-8-23/h4-14,19,21,28,30H,1,15-18,20H2,2-3H3/t28-/m1/s1.